The SMILES string of the molecule is NS(=O)(=O)c1cccc(NC(=O)N2CCN(C(=O)C3CCCCC3)CC2)c1. The van der Waals surface area contributed by atoms with Gasteiger partial charge in [-0.05, 0) is 31.0 Å². The number of amides is 3. The molecule has 1 aliphatic carbocycles. The molecule has 3 N–H and O–H groups in total. The molecule has 3 amide bonds. The van der Waals surface area contributed by atoms with Crippen molar-refractivity contribution >= 4 is 27.6 Å². The standard InChI is InChI=1S/C18H26N4O4S/c19-27(25,26)16-8-4-7-15(13-16)20-18(24)22-11-9-21(10-12-22)17(23)14-5-2-1-3-6-14/h4,7-8,13-14H,1-3,5-6,9-12H2,(H,20,24)(H2,19,25,26). The lowest BCUT2D eigenvalue weighted by Crippen LogP contribution is -2.53. The third-order valence-electron chi connectivity index (χ3n) is 5.25. The summed E-state index contributed by atoms with van der Waals surface area (Å²) in [5.74, 6) is 0.357. The van der Waals surface area contributed by atoms with Crippen LogP contribution in [0.4, 0.5) is 10.5 Å². The summed E-state index contributed by atoms with van der Waals surface area (Å²) in [6.45, 7) is 1.97. The number of primary sulfonamides is 1. The molecule has 0 unspecified atom stereocenters. The number of benzene rings is 1. The molecule has 1 aromatic carbocycles. The number of sulfonamides is 1. The van der Waals surface area contributed by atoms with E-state index in [9.17, 15) is 18.0 Å². The van der Waals surface area contributed by atoms with Crippen LogP contribution >= 0.6 is 0 Å². The monoisotopic (exact) mass is 394 g/mol. The number of carbonyl (C=O) groups excluding carboxylic acids is 2. The Hall–Kier alpha value is -2.13. The van der Waals surface area contributed by atoms with Gasteiger partial charge >= 0.3 is 6.03 Å². The van der Waals surface area contributed by atoms with Crippen LogP contribution in [0.3, 0.4) is 0 Å². The number of rotatable bonds is 3. The van der Waals surface area contributed by atoms with Crippen LogP contribution in [-0.2, 0) is 14.8 Å². The molecular weight excluding hydrogens is 368 g/mol. The van der Waals surface area contributed by atoms with Crippen molar-refractivity contribution in [3.8, 4) is 0 Å². The van der Waals surface area contributed by atoms with Gasteiger partial charge in [0.25, 0.3) is 0 Å². The summed E-state index contributed by atoms with van der Waals surface area (Å²) in [5, 5.41) is 7.81. The maximum atomic E-state index is 12.6. The van der Waals surface area contributed by atoms with Crippen molar-refractivity contribution in [2.45, 2.75) is 37.0 Å². The highest BCUT2D eigenvalue weighted by atomic mass is 32.2. The van der Waals surface area contributed by atoms with Gasteiger partial charge in [0.2, 0.25) is 15.9 Å². The Morgan fingerprint density at radius 1 is 1.00 bits per heavy atom. The van der Waals surface area contributed by atoms with Gasteiger partial charge in [-0.2, -0.15) is 0 Å². The fraction of sp³-hybridized carbons (Fsp3) is 0.556. The molecule has 0 aromatic heterocycles. The fourth-order valence-electron chi connectivity index (χ4n) is 3.69. The number of piperazine rings is 1. The summed E-state index contributed by atoms with van der Waals surface area (Å²) in [7, 11) is -3.82. The van der Waals surface area contributed by atoms with Crippen LogP contribution in [0.5, 0.6) is 0 Å². The molecule has 8 nitrogen and oxygen atoms in total. The second-order valence-electron chi connectivity index (χ2n) is 7.15. The van der Waals surface area contributed by atoms with Gasteiger partial charge in [-0.3, -0.25) is 4.79 Å². The first kappa shape index (κ1) is 19.6. The molecule has 3 rings (SSSR count). The number of nitrogens with one attached hydrogen (secondary N) is 1. The Balaban J connectivity index is 1.53. The Bertz CT molecular complexity index is 797. The molecule has 1 saturated heterocycles. The summed E-state index contributed by atoms with van der Waals surface area (Å²) in [6, 6.07) is 5.52. The smallest absolute Gasteiger partial charge is 0.321 e. The van der Waals surface area contributed by atoms with Crippen molar-refractivity contribution in [3.05, 3.63) is 24.3 Å². The van der Waals surface area contributed by atoms with E-state index in [2.05, 4.69) is 5.32 Å². The minimum absolute atomic E-state index is 0.0526. The number of hydrogen-bond acceptors (Lipinski definition) is 4. The zero-order valence-electron chi connectivity index (χ0n) is 15.3. The van der Waals surface area contributed by atoms with Crippen LogP contribution in [0, 0.1) is 5.92 Å². The normalized spacial score (nSPS) is 19.0. The second kappa shape index (κ2) is 8.26. The number of anilines is 1. The van der Waals surface area contributed by atoms with Crippen LogP contribution in [0.2, 0.25) is 0 Å². The van der Waals surface area contributed by atoms with E-state index in [-0.39, 0.29) is 22.8 Å². The lowest BCUT2D eigenvalue weighted by Gasteiger charge is -2.37. The van der Waals surface area contributed by atoms with Crippen molar-refractivity contribution in [2.24, 2.45) is 11.1 Å². The molecule has 1 aliphatic heterocycles. The summed E-state index contributed by atoms with van der Waals surface area (Å²) < 4.78 is 22.8. The van der Waals surface area contributed by atoms with E-state index >= 15 is 0 Å². The lowest BCUT2D eigenvalue weighted by atomic mass is 9.88. The molecule has 2 aliphatic rings. The average Bonchev–Trinajstić information content (AvgIpc) is 2.68. The van der Waals surface area contributed by atoms with Gasteiger partial charge in [-0.1, -0.05) is 25.3 Å². The number of carbonyl (C=O) groups is 2. The third-order valence-corrected chi connectivity index (χ3v) is 6.16. The minimum Gasteiger partial charge on any atom is -0.339 e. The van der Waals surface area contributed by atoms with E-state index in [1.807, 2.05) is 4.90 Å². The van der Waals surface area contributed by atoms with Gasteiger partial charge < -0.3 is 15.1 Å². The van der Waals surface area contributed by atoms with Crippen LogP contribution in [0.15, 0.2) is 29.2 Å². The summed E-state index contributed by atoms with van der Waals surface area (Å²) in [6.07, 6.45) is 5.40. The van der Waals surface area contributed by atoms with E-state index in [0.717, 1.165) is 25.7 Å². The molecule has 2 fully saturated rings. The molecule has 1 heterocycles. The Kier molecular flexibility index (Phi) is 6.01. The number of nitrogens with zero attached hydrogens (tertiary/aromatic N) is 2. The highest BCUT2D eigenvalue weighted by Gasteiger charge is 2.29. The van der Waals surface area contributed by atoms with Gasteiger partial charge in [0.15, 0.2) is 0 Å². The molecule has 0 spiro atoms. The Morgan fingerprint density at radius 3 is 2.26 bits per heavy atom. The zero-order chi connectivity index (χ0) is 19.4. The van der Waals surface area contributed by atoms with Crippen molar-refractivity contribution in [3.63, 3.8) is 0 Å². The lowest BCUT2D eigenvalue weighted by molar-refractivity contribution is -0.138. The van der Waals surface area contributed by atoms with Gasteiger partial charge in [0, 0.05) is 37.8 Å². The van der Waals surface area contributed by atoms with Crippen molar-refractivity contribution in [1.82, 2.24) is 9.80 Å². The highest BCUT2D eigenvalue weighted by molar-refractivity contribution is 7.89. The largest absolute Gasteiger partial charge is 0.339 e. The second-order valence-corrected chi connectivity index (χ2v) is 8.71. The average molecular weight is 394 g/mol. The van der Waals surface area contributed by atoms with Crippen LogP contribution in [-0.4, -0.2) is 56.3 Å². The zero-order valence-corrected chi connectivity index (χ0v) is 16.1. The van der Waals surface area contributed by atoms with E-state index in [0.29, 0.717) is 31.9 Å². The predicted molar refractivity (Wildman–Crippen MR) is 102 cm³/mol. The quantitative estimate of drug-likeness (QED) is 0.810. The topological polar surface area (TPSA) is 113 Å². The van der Waals surface area contributed by atoms with Crippen LogP contribution in [0.1, 0.15) is 32.1 Å². The third kappa shape index (κ3) is 4.98. The Morgan fingerprint density at radius 2 is 1.63 bits per heavy atom. The van der Waals surface area contributed by atoms with Crippen LogP contribution < -0.4 is 10.5 Å². The van der Waals surface area contributed by atoms with E-state index in [1.165, 1.54) is 24.6 Å². The Labute approximate surface area is 159 Å². The molecule has 0 bridgehead atoms. The molecule has 0 radical (unpaired) electrons. The summed E-state index contributed by atoms with van der Waals surface area (Å²) in [4.78, 5) is 28.5. The number of urea groups is 1. The van der Waals surface area contributed by atoms with Gasteiger partial charge in [-0.15, -0.1) is 0 Å². The van der Waals surface area contributed by atoms with Gasteiger partial charge in [0.05, 0.1) is 4.90 Å². The molecular formula is C18H26N4O4S. The first-order valence-electron chi connectivity index (χ1n) is 9.32. The maximum absolute atomic E-state index is 12.6. The van der Waals surface area contributed by atoms with Gasteiger partial charge in [0.1, 0.15) is 0 Å². The van der Waals surface area contributed by atoms with E-state index in [4.69, 9.17) is 5.14 Å². The first-order chi connectivity index (χ1) is 12.8. The number of hydrogen-bond donors (Lipinski definition) is 2. The van der Waals surface area contributed by atoms with Crippen molar-refractivity contribution < 1.29 is 18.0 Å². The fourth-order valence-corrected chi connectivity index (χ4v) is 4.25. The molecule has 1 aromatic rings. The van der Waals surface area contributed by atoms with Crippen LogP contribution in [0.25, 0.3) is 0 Å². The predicted octanol–water partition coefficient (Wildman–Crippen LogP) is 1.59. The molecule has 9 heteroatoms. The first-order valence-corrected chi connectivity index (χ1v) is 10.9. The van der Waals surface area contributed by atoms with Crippen molar-refractivity contribution in [2.75, 3.05) is 31.5 Å². The molecule has 27 heavy (non-hydrogen) atoms. The van der Waals surface area contributed by atoms with E-state index < -0.39 is 10.0 Å². The van der Waals surface area contributed by atoms with E-state index in [1.54, 1.807) is 11.0 Å². The maximum Gasteiger partial charge on any atom is 0.321 e. The highest BCUT2D eigenvalue weighted by Crippen LogP contribution is 2.26. The summed E-state index contributed by atoms with van der Waals surface area (Å²) in [5.41, 5.74) is 0.368. The molecule has 148 valence electrons. The summed E-state index contributed by atoms with van der Waals surface area (Å²) >= 11 is 0. The molecule has 0 atom stereocenters. The van der Waals surface area contributed by atoms with Gasteiger partial charge in [-0.25, -0.2) is 18.4 Å². The van der Waals surface area contributed by atoms with Crippen molar-refractivity contribution in [1.29, 1.82) is 0 Å². The molecule has 1 saturated carbocycles. The minimum atomic E-state index is -3.82. The number of nitrogens with two attached hydrogens (primary N) is 1.